The molecule has 1 aliphatic rings. The van der Waals surface area contributed by atoms with E-state index >= 15 is 0 Å². The van der Waals surface area contributed by atoms with Crippen LogP contribution < -0.4 is 14.5 Å². The largest absolute Gasteiger partial charge is 0.481 e. The number of pyridine rings is 1. The number of fused-ring (bicyclic) bond motifs is 1. The van der Waals surface area contributed by atoms with Gasteiger partial charge in [-0.3, -0.25) is 4.98 Å². The number of hydrogen-bond donors (Lipinski definition) is 0. The maximum absolute atomic E-state index is 5.19. The van der Waals surface area contributed by atoms with Gasteiger partial charge < -0.3 is 14.5 Å². The van der Waals surface area contributed by atoms with Gasteiger partial charge >= 0.3 is 0 Å². The second-order valence-electron chi connectivity index (χ2n) is 6.80. The minimum Gasteiger partial charge on any atom is -0.481 e. The molecule has 29 heavy (non-hydrogen) atoms. The summed E-state index contributed by atoms with van der Waals surface area (Å²) < 4.78 is 6.95. The fourth-order valence-corrected chi connectivity index (χ4v) is 3.29. The fraction of sp³-hybridized carbons (Fsp3) is 0.263. The molecule has 1 saturated heterocycles. The first-order valence-corrected chi connectivity index (χ1v) is 9.20. The summed E-state index contributed by atoms with van der Waals surface area (Å²) >= 11 is 0. The van der Waals surface area contributed by atoms with Crippen molar-refractivity contribution >= 4 is 17.4 Å². The Bertz CT molecular complexity index is 1140. The van der Waals surface area contributed by atoms with Gasteiger partial charge in [-0.1, -0.05) is 0 Å². The summed E-state index contributed by atoms with van der Waals surface area (Å²) in [7, 11) is 3.59. The van der Waals surface area contributed by atoms with E-state index in [0.717, 1.165) is 24.5 Å². The number of anilines is 2. The lowest BCUT2D eigenvalue weighted by Crippen LogP contribution is -2.59. The third-order valence-corrected chi connectivity index (χ3v) is 5.04. The van der Waals surface area contributed by atoms with Gasteiger partial charge in [0.25, 0.3) is 0 Å². The molecular weight excluding hydrogens is 370 g/mol. The van der Waals surface area contributed by atoms with Crippen LogP contribution in [-0.4, -0.2) is 68.1 Å². The van der Waals surface area contributed by atoms with Gasteiger partial charge in [0.2, 0.25) is 11.8 Å². The molecule has 10 heteroatoms. The van der Waals surface area contributed by atoms with Gasteiger partial charge in [-0.25, -0.2) is 4.98 Å². The lowest BCUT2D eigenvalue weighted by atomic mass is 10.1. The highest BCUT2D eigenvalue weighted by Gasteiger charge is 2.32. The van der Waals surface area contributed by atoms with Crippen LogP contribution in [0.15, 0.2) is 48.9 Å². The zero-order valence-electron chi connectivity index (χ0n) is 16.0. The first-order chi connectivity index (χ1) is 14.2. The number of hydrogen-bond acceptors (Lipinski definition) is 9. The normalized spacial score (nSPS) is 14.1. The quantitative estimate of drug-likeness (QED) is 0.500. The molecule has 1 fully saturated rings. The summed E-state index contributed by atoms with van der Waals surface area (Å²) in [5.41, 5.74) is 1.58. The summed E-state index contributed by atoms with van der Waals surface area (Å²) in [6, 6.07) is 9.74. The van der Waals surface area contributed by atoms with Gasteiger partial charge in [0.15, 0.2) is 11.5 Å². The Balaban J connectivity index is 1.35. The Morgan fingerprint density at radius 1 is 1.10 bits per heavy atom. The van der Waals surface area contributed by atoms with Crippen LogP contribution in [0.1, 0.15) is 0 Å². The van der Waals surface area contributed by atoms with Crippen LogP contribution in [0.2, 0.25) is 0 Å². The van der Waals surface area contributed by atoms with Crippen LogP contribution in [0.3, 0.4) is 0 Å². The van der Waals surface area contributed by atoms with Crippen molar-refractivity contribution in [2.45, 2.75) is 6.04 Å². The molecule has 0 saturated carbocycles. The smallest absolute Gasteiger partial charge is 0.228 e. The van der Waals surface area contributed by atoms with Crippen LogP contribution >= 0.6 is 0 Å². The summed E-state index contributed by atoms with van der Waals surface area (Å²) in [5, 5.41) is 13.2. The molecule has 0 aliphatic carbocycles. The predicted octanol–water partition coefficient (Wildman–Crippen LogP) is 1.31. The SMILES string of the molecule is COc1ccnc(N(C)C2CN(c3ccc4nnc(-c5cccnc5)n4n3)C2)n1. The van der Waals surface area contributed by atoms with E-state index in [0.29, 0.717) is 29.3 Å². The lowest BCUT2D eigenvalue weighted by molar-refractivity contribution is 0.395. The lowest BCUT2D eigenvalue weighted by Gasteiger charge is -2.44. The molecule has 1 aliphatic heterocycles. The summed E-state index contributed by atoms with van der Waals surface area (Å²) in [4.78, 5) is 17.2. The molecule has 0 amide bonds. The Morgan fingerprint density at radius 3 is 2.79 bits per heavy atom. The van der Waals surface area contributed by atoms with Crippen molar-refractivity contribution in [1.29, 1.82) is 0 Å². The average molecular weight is 389 g/mol. The number of rotatable bonds is 5. The van der Waals surface area contributed by atoms with Gasteiger partial charge in [0, 0.05) is 50.4 Å². The molecule has 0 aromatic carbocycles. The van der Waals surface area contributed by atoms with Gasteiger partial charge in [-0.05, 0) is 24.3 Å². The van der Waals surface area contributed by atoms with Crippen LogP contribution in [0.5, 0.6) is 5.88 Å². The Kier molecular flexibility index (Phi) is 4.15. The van der Waals surface area contributed by atoms with Gasteiger partial charge in [-0.15, -0.1) is 15.3 Å². The third-order valence-electron chi connectivity index (χ3n) is 5.04. The number of nitrogens with zero attached hydrogens (tertiary/aromatic N) is 9. The topological polar surface area (TPSA) is 97.5 Å². The molecule has 0 atom stereocenters. The van der Waals surface area contributed by atoms with E-state index in [4.69, 9.17) is 9.84 Å². The number of ether oxygens (including phenoxy) is 1. The fourth-order valence-electron chi connectivity index (χ4n) is 3.29. The van der Waals surface area contributed by atoms with Gasteiger partial charge in [0.1, 0.15) is 5.82 Å². The van der Waals surface area contributed by atoms with Crippen molar-refractivity contribution in [1.82, 2.24) is 34.8 Å². The van der Waals surface area contributed by atoms with E-state index in [1.165, 1.54) is 0 Å². The molecule has 5 rings (SSSR count). The zero-order chi connectivity index (χ0) is 19.8. The van der Waals surface area contributed by atoms with Gasteiger partial charge in [0.05, 0.1) is 13.2 Å². The Labute approximate surface area is 166 Å². The molecule has 0 N–H and O–H groups in total. The van der Waals surface area contributed by atoms with E-state index in [-0.39, 0.29) is 0 Å². The highest BCUT2D eigenvalue weighted by Crippen LogP contribution is 2.25. The monoisotopic (exact) mass is 389 g/mol. The maximum Gasteiger partial charge on any atom is 0.228 e. The third kappa shape index (κ3) is 3.08. The first kappa shape index (κ1) is 17.3. The predicted molar refractivity (Wildman–Crippen MR) is 107 cm³/mol. The van der Waals surface area contributed by atoms with Crippen LogP contribution in [0.25, 0.3) is 17.0 Å². The van der Waals surface area contributed by atoms with Crippen LogP contribution in [0, 0.1) is 0 Å². The minimum absolute atomic E-state index is 0.290. The Hall–Kier alpha value is -3.82. The van der Waals surface area contributed by atoms with Crippen molar-refractivity contribution in [2.24, 2.45) is 0 Å². The second-order valence-corrected chi connectivity index (χ2v) is 6.80. The van der Waals surface area contributed by atoms with E-state index in [1.807, 2.05) is 31.3 Å². The van der Waals surface area contributed by atoms with Crippen LogP contribution in [-0.2, 0) is 0 Å². The second kappa shape index (κ2) is 6.97. The zero-order valence-corrected chi connectivity index (χ0v) is 16.0. The molecule has 0 radical (unpaired) electrons. The van der Waals surface area contributed by atoms with Crippen molar-refractivity contribution < 1.29 is 4.74 Å². The highest BCUT2D eigenvalue weighted by molar-refractivity contribution is 5.59. The maximum atomic E-state index is 5.19. The standard InChI is InChI=1S/C19H19N9O/c1-26(19-21-9-7-17(22-19)29-2)14-11-27(12-14)16-6-5-15-23-24-18(28(15)25-16)13-4-3-8-20-10-13/h3-10,14H,11-12H2,1-2H3. The number of aromatic nitrogens is 7. The van der Waals surface area contributed by atoms with Crippen molar-refractivity contribution in [2.75, 3.05) is 37.0 Å². The molecule has 0 spiro atoms. The molecular formula is C19H19N9O. The molecule has 0 unspecified atom stereocenters. The molecule has 10 nitrogen and oxygen atoms in total. The molecule has 5 heterocycles. The highest BCUT2D eigenvalue weighted by atomic mass is 16.5. The number of methoxy groups -OCH3 is 1. The van der Waals surface area contributed by atoms with E-state index in [2.05, 4.69) is 34.9 Å². The van der Waals surface area contributed by atoms with Crippen molar-refractivity contribution in [3.8, 4) is 17.3 Å². The summed E-state index contributed by atoms with van der Waals surface area (Å²) in [5.74, 6) is 2.75. The van der Waals surface area contributed by atoms with E-state index in [9.17, 15) is 0 Å². The molecule has 0 bridgehead atoms. The minimum atomic E-state index is 0.290. The molecule has 4 aromatic heterocycles. The van der Waals surface area contributed by atoms with Crippen molar-refractivity contribution in [3.05, 3.63) is 48.9 Å². The van der Waals surface area contributed by atoms with E-state index < -0.39 is 0 Å². The molecule has 146 valence electrons. The Morgan fingerprint density at radius 2 is 2.00 bits per heavy atom. The van der Waals surface area contributed by atoms with E-state index in [1.54, 1.807) is 36.3 Å². The number of likely N-dealkylation sites (N-methyl/N-ethyl adjacent to an activating group) is 1. The van der Waals surface area contributed by atoms with Gasteiger partial charge in [-0.2, -0.15) is 9.50 Å². The molecule has 4 aromatic rings. The summed E-state index contributed by atoms with van der Waals surface area (Å²) in [6.07, 6.45) is 5.19. The average Bonchev–Trinajstić information content (AvgIpc) is 3.16. The first-order valence-electron chi connectivity index (χ1n) is 9.20. The van der Waals surface area contributed by atoms with Crippen LogP contribution in [0.4, 0.5) is 11.8 Å². The summed E-state index contributed by atoms with van der Waals surface area (Å²) in [6.45, 7) is 1.64. The van der Waals surface area contributed by atoms with Crippen molar-refractivity contribution in [3.63, 3.8) is 0 Å².